The number of benzene rings is 1. The van der Waals surface area contributed by atoms with Gasteiger partial charge in [0.15, 0.2) is 6.10 Å². The van der Waals surface area contributed by atoms with Crippen LogP contribution in [-0.4, -0.2) is 31.6 Å². The molecule has 0 aromatic heterocycles. The van der Waals surface area contributed by atoms with E-state index in [-0.39, 0.29) is 5.91 Å². The third kappa shape index (κ3) is 4.69. The third-order valence-corrected chi connectivity index (χ3v) is 3.73. The first kappa shape index (κ1) is 15.1. The van der Waals surface area contributed by atoms with Crippen LogP contribution in [0.25, 0.3) is 0 Å². The number of halogens is 1. The van der Waals surface area contributed by atoms with Crippen molar-refractivity contribution >= 4 is 17.5 Å². The van der Waals surface area contributed by atoms with Crippen LogP contribution in [0, 0.1) is 5.92 Å². The molecule has 0 spiro atoms. The predicted molar refractivity (Wildman–Crippen MR) is 80.1 cm³/mol. The number of carbonyl (C=O) groups excluding carboxylic acids is 1. The third-order valence-electron chi connectivity index (χ3n) is 3.49. The highest BCUT2D eigenvalue weighted by Crippen LogP contribution is 2.18. The second-order valence-corrected chi connectivity index (χ2v) is 5.59. The van der Waals surface area contributed by atoms with Crippen molar-refractivity contribution in [3.63, 3.8) is 0 Å². The molecule has 2 N–H and O–H groups in total. The summed E-state index contributed by atoms with van der Waals surface area (Å²) in [5, 5.41) is 6.84. The number of amides is 1. The van der Waals surface area contributed by atoms with E-state index in [1.165, 1.54) is 6.42 Å². The molecule has 1 saturated heterocycles. The topological polar surface area (TPSA) is 50.4 Å². The van der Waals surface area contributed by atoms with Gasteiger partial charge in [-0.3, -0.25) is 4.79 Å². The maximum Gasteiger partial charge on any atom is 0.260 e. The maximum atomic E-state index is 11.9. The first-order chi connectivity index (χ1) is 9.65. The first-order valence-corrected chi connectivity index (χ1v) is 7.43. The van der Waals surface area contributed by atoms with Crippen LogP contribution in [0.4, 0.5) is 0 Å². The van der Waals surface area contributed by atoms with Gasteiger partial charge in [0.1, 0.15) is 5.75 Å². The minimum absolute atomic E-state index is 0.0871. The van der Waals surface area contributed by atoms with Crippen molar-refractivity contribution in [2.75, 3.05) is 19.6 Å². The van der Waals surface area contributed by atoms with Crippen molar-refractivity contribution in [2.24, 2.45) is 5.92 Å². The van der Waals surface area contributed by atoms with E-state index in [1.54, 1.807) is 31.2 Å². The Morgan fingerprint density at radius 2 is 2.45 bits per heavy atom. The SMILES string of the molecule is CC(Oc1cccc(Cl)c1)C(=O)NCCC1CCNC1. The summed E-state index contributed by atoms with van der Waals surface area (Å²) in [5.74, 6) is 1.20. The molecular weight excluding hydrogens is 276 g/mol. The molecule has 1 aliphatic heterocycles. The van der Waals surface area contributed by atoms with E-state index in [4.69, 9.17) is 16.3 Å². The van der Waals surface area contributed by atoms with Crippen molar-refractivity contribution in [3.8, 4) is 5.75 Å². The fourth-order valence-corrected chi connectivity index (χ4v) is 2.48. The second-order valence-electron chi connectivity index (χ2n) is 5.16. The van der Waals surface area contributed by atoms with Gasteiger partial charge in [-0.05, 0) is 57.0 Å². The van der Waals surface area contributed by atoms with E-state index in [0.717, 1.165) is 19.5 Å². The highest BCUT2D eigenvalue weighted by Gasteiger charge is 2.17. The molecule has 0 bridgehead atoms. The Morgan fingerprint density at radius 3 is 3.15 bits per heavy atom. The zero-order valence-electron chi connectivity index (χ0n) is 11.7. The minimum atomic E-state index is -0.518. The molecule has 1 amide bonds. The van der Waals surface area contributed by atoms with Crippen molar-refractivity contribution in [2.45, 2.75) is 25.9 Å². The van der Waals surface area contributed by atoms with E-state index in [9.17, 15) is 4.79 Å². The summed E-state index contributed by atoms with van der Waals surface area (Å²) in [7, 11) is 0. The summed E-state index contributed by atoms with van der Waals surface area (Å²) in [6.07, 6.45) is 1.70. The number of ether oxygens (including phenoxy) is 1. The van der Waals surface area contributed by atoms with Crippen molar-refractivity contribution < 1.29 is 9.53 Å². The summed E-state index contributed by atoms with van der Waals surface area (Å²) in [6, 6.07) is 7.07. The summed E-state index contributed by atoms with van der Waals surface area (Å²) in [4.78, 5) is 11.9. The summed E-state index contributed by atoms with van der Waals surface area (Å²) >= 11 is 5.88. The average molecular weight is 297 g/mol. The molecule has 2 atom stereocenters. The summed E-state index contributed by atoms with van der Waals surface area (Å²) in [5.41, 5.74) is 0. The quantitative estimate of drug-likeness (QED) is 0.846. The average Bonchev–Trinajstić information content (AvgIpc) is 2.91. The molecule has 20 heavy (non-hydrogen) atoms. The molecule has 110 valence electrons. The Balaban J connectivity index is 1.71. The molecule has 1 heterocycles. The molecule has 2 rings (SSSR count). The van der Waals surface area contributed by atoms with Crippen molar-refractivity contribution in [1.29, 1.82) is 0 Å². The van der Waals surface area contributed by atoms with E-state index < -0.39 is 6.10 Å². The standard InChI is InChI=1S/C15H21ClN2O2/c1-11(20-14-4-2-3-13(16)9-14)15(19)18-8-6-12-5-7-17-10-12/h2-4,9,11-12,17H,5-8,10H2,1H3,(H,18,19). The van der Waals surface area contributed by atoms with Crippen LogP contribution in [0.15, 0.2) is 24.3 Å². The highest BCUT2D eigenvalue weighted by molar-refractivity contribution is 6.30. The van der Waals surface area contributed by atoms with Crippen LogP contribution in [-0.2, 0) is 4.79 Å². The molecule has 1 fully saturated rings. The molecule has 4 nitrogen and oxygen atoms in total. The van der Waals surface area contributed by atoms with Crippen LogP contribution < -0.4 is 15.4 Å². The molecule has 2 unspecified atom stereocenters. The summed E-state index contributed by atoms with van der Waals surface area (Å²) in [6.45, 7) is 4.60. The van der Waals surface area contributed by atoms with Crippen LogP contribution >= 0.6 is 11.6 Å². The Hall–Kier alpha value is -1.26. The maximum absolute atomic E-state index is 11.9. The lowest BCUT2D eigenvalue weighted by Gasteiger charge is -2.15. The van der Waals surface area contributed by atoms with Crippen molar-refractivity contribution in [1.82, 2.24) is 10.6 Å². The van der Waals surface area contributed by atoms with Gasteiger partial charge in [0.05, 0.1) is 0 Å². The minimum Gasteiger partial charge on any atom is -0.481 e. The van der Waals surface area contributed by atoms with Gasteiger partial charge >= 0.3 is 0 Å². The van der Waals surface area contributed by atoms with Gasteiger partial charge in [0, 0.05) is 11.6 Å². The van der Waals surface area contributed by atoms with Crippen LogP contribution in [0.1, 0.15) is 19.8 Å². The smallest absolute Gasteiger partial charge is 0.260 e. The van der Waals surface area contributed by atoms with Gasteiger partial charge in [-0.2, -0.15) is 0 Å². The summed E-state index contributed by atoms with van der Waals surface area (Å²) < 4.78 is 5.57. The number of rotatable bonds is 6. The fourth-order valence-electron chi connectivity index (χ4n) is 2.30. The molecule has 0 radical (unpaired) electrons. The van der Waals surface area contributed by atoms with E-state index in [1.807, 2.05) is 0 Å². The first-order valence-electron chi connectivity index (χ1n) is 7.06. The van der Waals surface area contributed by atoms with Gasteiger partial charge in [-0.1, -0.05) is 17.7 Å². The largest absolute Gasteiger partial charge is 0.481 e. The predicted octanol–water partition coefficient (Wildman–Crippen LogP) is 2.22. The lowest BCUT2D eigenvalue weighted by molar-refractivity contribution is -0.127. The number of nitrogens with one attached hydrogen (secondary N) is 2. The van der Waals surface area contributed by atoms with Gasteiger partial charge in [0.2, 0.25) is 0 Å². The highest BCUT2D eigenvalue weighted by atomic mass is 35.5. The molecule has 1 aromatic rings. The number of hydrogen-bond acceptors (Lipinski definition) is 3. The van der Waals surface area contributed by atoms with Gasteiger partial charge < -0.3 is 15.4 Å². The molecule has 0 aliphatic carbocycles. The van der Waals surface area contributed by atoms with Crippen molar-refractivity contribution in [3.05, 3.63) is 29.3 Å². The fraction of sp³-hybridized carbons (Fsp3) is 0.533. The van der Waals surface area contributed by atoms with Gasteiger partial charge in [-0.25, -0.2) is 0 Å². The monoisotopic (exact) mass is 296 g/mol. The second kappa shape index (κ2) is 7.50. The molecule has 1 aliphatic rings. The molecule has 1 aromatic carbocycles. The Morgan fingerprint density at radius 1 is 1.60 bits per heavy atom. The lowest BCUT2D eigenvalue weighted by atomic mass is 10.1. The van der Waals surface area contributed by atoms with Gasteiger partial charge in [-0.15, -0.1) is 0 Å². The van der Waals surface area contributed by atoms with Gasteiger partial charge in [0.25, 0.3) is 5.91 Å². The molecule has 0 saturated carbocycles. The van der Waals surface area contributed by atoms with Crippen LogP contribution in [0.5, 0.6) is 5.75 Å². The lowest BCUT2D eigenvalue weighted by Crippen LogP contribution is -2.37. The number of hydrogen-bond donors (Lipinski definition) is 2. The Labute approximate surface area is 124 Å². The van der Waals surface area contributed by atoms with E-state index in [2.05, 4.69) is 10.6 Å². The Kier molecular flexibility index (Phi) is 5.68. The zero-order valence-corrected chi connectivity index (χ0v) is 12.5. The normalized spacial score (nSPS) is 19.6. The molecular formula is C15H21ClN2O2. The number of carbonyl (C=O) groups is 1. The molecule has 5 heteroatoms. The van der Waals surface area contributed by atoms with E-state index in [0.29, 0.717) is 23.2 Å². The van der Waals surface area contributed by atoms with Crippen LogP contribution in [0.3, 0.4) is 0 Å². The van der Waals surface area contributed by atoms with E-state index >= 15 is 0 Å². The van der Waals surface area contributed by atoms with Crippen LogP contribution in [0.2, 0.25) is 5.02 Å². The zero-order chi connectivity index (χ0) is 14.4. The Bertz CT molecular complexity index is 447.